The number of nitrogens with zero attached hydrogens (tertiary/aromatic N) is 2. The first kappa shape index (κ1) is 17.3. The molecule has 0 unspecified atom stereocenters. The lowest BCUT2D eigenvalue weighted by atomic mass is 9.74. The molecule has 5 heteroatoms. The summed E-state index contributed by atoms with van der Waals surface area (Å²) < 4.78 is 7.64. The van der Waals surface area contributed by atoms with Crippen LogP contribution in [0, 0.1) is 5.41 Å². The van der Waals surface area contributed by atoms with Gasteiger partial charge in [0.2, 0.25) is 5.91 Å². The van der Waals surface area contributed by atoms with E-state index in [-0.39, 0.29) is 23.5 Å². The highest BCUT2D eigenvalue weighted by Gasteiger charge is 2.37. The maximum Gasteiger partial charge on any atom is 0.249 e. The van der Waals surface area contributed by atoms with E-state index in [0.717, 1.165) is 37.8 Å². The minimum atomic E-state index is -0.289. The van der Waals surface area contributed by atoms with E-state index in [0.29, 0.717) is 6.61 Å². The molecule has 138 valence electrons. The molecule has 1 fully saturated rings. The molecule has 0 bridgehead atoms. The Labute approximate surface area is 154 Å². The molecule has 1 saturated heterocycles. The van der Waals surface area contributed by atoms with Crippen molar-refractivity contribution >= 4 is 5.91 Å². The van der Waals surface area contributed by atoms with Gasteiger partial charge in [0.15, 0.2) is 0 Å². The van der Waals surface area contributed by atoms with Crippen molar-refractivity contribution in [1.29, 1.82) is 0 Å². The van der Waals surface area contributed by atoms with Crippen molar-refractivity contribution in [3.05, 3.63) is 53.3 Å². The number of nitrogens with one attached hydrogen (secondary N) is 1. The number of aromatic nitrogens is 2. The van der Waals surface area contributed by atoms with E-state index in [9.17, 15) is 4.79 Å². The fourth-order valence-corrected chi connectivity index (χ4v) is 4.17. The first-order valence-electron chi connectivity index (χ1n) is 9.52. The van der Waals surface area contributed by atoms with Crippen molar-refractivity contribution in [3.8, 4) is 0 Å². The Hall–Kier alpha value is -2.14. The zero-order valence-corrected chi connectivity index (χ0v) is 15.6. The summed E-state index contributed by atoms with van der Waals surface area (Å²) in [6.07, 6.45) is 5.34. The molecule has 26 heavy (non-hydrogen) atoms. The molecule has 1 aromatic carbocycles. The Morgan fingerprint density at radius 1 is 1.35 bits per heavy atom. The van der Waals surface area contributed by atoms with Gasteiger partial charge in [-0.15, -0.1) is 0 Å². The van der Waals surface area contributed by atoms with Crippen LogP contribution in [0.25, 0.3) is 0 Å². The number of amides is 1. The molecule has 0 spiro atoms. The topological polar surface area (TPSA) is 56.2 Å². The minimum absolute atomic E-state index is 0.00923. The average molecular weight is 353 g/mol. The molecule has 1 aliphatic carbocycles. The smallest absolute Gasteiger partial charge is 0.249 e. The molecule has 1 aromatic heterocycles. The number of rotatable bonds is 4. The Morgan fingerprint density at radius 2 is 2.15 bits per heavy atom. The zero-order chi connectivity index (χ0) is 18.1. The van der Waals surface area contributed by atoms with Gasteiger partial charge in [-0.2, -0.15) is 5.10 Å². The Morgan fingerprint density at radius 3 is 2.88 bits per heavy atom. The highest BCUT2D eigenvalue weighted by molar-refractivity contribution is 5.81. The zero-order valence-electron chi connectivity index (χ0n) is 15.6. The number of carbonyl (C=O) groups is 1. The van der Waals surface area contributed by atoms with Crippen LogP contribution >= 0.6 is 0 Å². The molecule has 2 aliphatic rings. The van der Waals surface area contributed by atoms with Crippen molar-refractivity contribution in [3.63, 3.8) is 0 Å². The van der Waals surface area contributed by atoms with Crippen LogP contribution < -0.4 is 5.32 Å². The molecule has 5 nitrogen and oxygen atoms in total. The largest absolute Gasteiger partial charge is 0.368 e. The number of carbonyl (C=O) groups excluding carboxylic acids is 1. The summed E-state index contributed by atoms with van der Waals surface area (Å²) in [5.74, 6) is 0.0203. The van der Waals surface area contributed by atoms with Crippen LogP contribution in [0.1, 0.15) is 56.0 Å². The van der Waals surface area contributed by atoms with Crippen LogP contribution in [0.2, 0.25) is 0 Å². The number of fused-ring (bicyclic) bond motifs is 1. The molecule has 4 rings (SSSR count). The predicted molar refractivity (Wildman–Crippen MR) is 99.7 cm³/mol. The van der Waals surface area contributed by atoms with E-state index in [2.05, 4.69) is 53.2 Å². The summed E-state index contributed by atoms with van der Waals surface area (Å²) in [6, 6.07) is 10.4. The first-order chi connectivity index (χ1) is 12.5. The van der Waals surface area contributed by atoms with Gasteiger partial charge in [-0.05, 0) is 36.7 Å². The van der Waals surface area contributed by atoms with E-state index < -0.39 is 0 Å². The number of hydrogen-bond donors (Lipinski definition) is 1. The monoisotopic (exact) mass is 353 g/mol. The highest BCUT2D eigenvalue weighted by Crippen LogP contribution is 2.41. The number of hydrogen-bond acceptors (Lipinski definition) is 3. The van der Waals surface area contributed by atoms with Crippen molar-refractivity contribution in [1.82, 2.24) is 15.1 Å². The van der Waals surface area contributed by atoms with Gasteiger partial charge in [0.25, 0.3) is 0 Å². The fourth-order valence-electron chi connectivity index (χ4n) is 4.17. The van der Waals surface area contributed by atoms with Crippen molar-refractivity contribution in [2.45, 2.75) is 58.2 Å². The van der Waals surface area contributed by atoms with E-state index >= 15 is 0 Å². The van der Waals surface area contributed by atoms with Gasteiger partial charge in [-0.3, -0.25) is 9.48 Å². The standard InChI is InChI=1S/C21H27N3O2/c1-21(2)11-17(23-20(25)19-9-6-10-26-19)16-13-22-24(18(16)12-21)14-15-7-4-3-5-8-15/h3-5,7-8,13,17,19H,6,9-12,14H2,1-2H3,(H,23,25)/t17-,19+/m0/s1. The van der Waals surface area contributed by atoms with Gasteiger partial charge in [0.05, 0.1) is 18.8 Å². The molecular weight excluding hydrogens is 326 g/mol. The van der Waals surface area contributed by atoms with Gasteiger partial charge >= 0.3 is 0 Å². The second-order valence-corrected chi connectivity index (χ2v) is 8.30. The molecule has 0 saturated carbocycles. The van der Waals surface area contributed by atoms with Crippen LogP contribution in [0.4, 0.5) is 0 Å². The third-order valence-electron chi connectivity index (χ3n) is 5.47. The molecule has 0 radical (unpaired) electrons. The molecule has 1 amide bonds. The maximum atomic E-state index is 12.6. The number of ether oxygens (including phenoxy) is 1. The lowest BCUT2D eigenvalue weighted by Crippen LogP contribution is -2.41. The summed E-state index contributed by atoms with van der Waals surface area (Å²) in [7, 11) is 0. The summed E-state index contributed by atoms with van der Waals surface area (Å²) in [4.78, 5) is 12.6. The van der Waals surface area contributed by atoms with Crippen molar-refractivity contribution < 1.29 is 9.53 Å². The van der Waals surface area contributed by atoms with Crippen molar-refractivity contribution in [2.24, 2.45) is 5.41 Å². The summed E-state index contributed by atoms with van der Waals surface area (Å²) in [5.41, 5.74) is 3.76. The van der Waals surface area contributed by atoms with Gasteiger partial charge in [-0.25, -0.2) is 0 Å². The maximum absolute atomic E-state index is 12.6. The molecule has 1 N–H and O–H groups in total. The van der Waals surface area contributed by atoms with Crippen LogP contribution in [-0.4, -0.2) is 28.4 Å². The van der Waals surface area contributed by atoms with Gasteiger partial charge < -0.3 is 10.1 Å². The van der Waals surface area contributed by atoms with Crippen molar-refractivity contribution in [2.75, 3.05) is 6.61 Å². The lowest BCUT2D eigenvalue weighted by Gasteiger charge is -2.36. The van der Waals surface area contributed by atoms with Gasteiger partial charge in [0, 0.05) is 17.9 Å². The fraction of sp³-hybridized carbons (Fsp3) is 0.524. The number of benzene rings is 1. The second-order valence-electron chi connectivity index (χ2n) is 8.30. The predicted octanol–water partition coefficient (Wildman–Crippen LogP) is 3.24. The van der Waals surface area contributed by atoms with Gasteiger partial charge in [-0.1, -0.05) is 44.2 Å². The highest BCUT2D eigenvalue weighted by atomic mass is 16.5. The van der Waals surface area contributed by atoms with Gasteiger partial charge in [0.1, 0.15) is 6.10 Å². The SMILES string of the molecule is CC1(C)Cc2c(cnn2Cc2ccccc2)[C@@H](NC(=O)[C@H]2CCCO2)C1. The van der Waals surface area contributed by atoms with Crippen LogP contribution in [0.15, 0.2) is 36.5 Å². The minimum Gasteiger partial charge on any atom is -0.368 e. The molecule has 2 aromatic rings. The summed E-state index contributed by atoms with van der Waals surface area (Å²) in [6.45, 7) is 5.98. The van der Waals surface area contributed by atoms with Crippen LogP contribution in [0.5, 0.6) is 0 Å². The van der Waals surface area contributed by atoms with E-state index in [4.69, 9.17) is 4.74 Å². The lowest BCUT2D eigenvalue weighted by molar-refractivity contribution is -0.131. The quantitative estimate of drug-likeness (QED) is 0.918. The molecule has 2 atom stereocenters. The first-order valence-corrected chi connectivity index (χ1v) is 9.52. The summed E-state index contributed by atoms with van der Waals surface area (Å²) >= 11 is 0. The Kier molecular flexibility index (Phi) is 4.57. The molecular formula is C21H27N3O2. The Bertz CT molecular complexity index is 776. The van der Waals surface area contributed by atoms with E-state index in [1.54, 1.807) is 0 Å². The molecule has 1 aliphatic heterocycles. The Balaban J connectivity index is 1.58. The van der Waals surface area contributed by atoms with E-state index in [1.165, 1.54) is 11.3 Å². The third-order valence-corrected chi connectivity index (χ3v) is 5.47. The van der Waals surface area contributed by atoms with Crippen LogP contribution in [0.3, 0.4) is 0 Å². The average Bonchev–Trinajstić information content (AvgIpc) is 3.26. The third kappa shape index (κ3) is 3.54. The summed E-state index contributed by atoms with van der Waals surface area (Å²) in [5, 5.41) is 7.88. The molecule has 2 heterocycles. The normalized spacial score (nSPS) is 24.2. The second kappa shape index (κ2) is 6.88. The van der Waals surface area contributed by atoms with Crippen LogP contribution in [-0.2, 0) is 22.5 Å². The van der Waals surface area contributed by atoms with E-state index in [1.807, 2.05) is 12.3 Å².